The standard InChI is InChI=1S/C16H24N2O2S.2ClH/c1-21(19,20)15-5-3-14(4-6-15)11-18-10-2-7-16(13-18)8-9-17-12-16;;/h3-6,17H,2,7-13H2,1H3;2*1H. The largest absolute Gasteiger partial charge is 0.316 e. The summed E-state index contributed by atoms with van der Waals surface area (Å²) in [5.74, 6) is 0. The summed E-state index contributed by atoms with van der Waals surface area (Å²) < 4.78 is 23.0. The minimum absolute atomic E-state index is 0. The van der Waals surface area contributed by atoms with Crippen molar-refractivity contribution in [2.75, 3.05) is 32.4 Å². The van der Waals surface area contributed by atoms with Crippen molar-refractivity contribution in [1.29, 1.82) is 0 Å². The van der Waals surface area contributed by atoms with Gasteiger partial charge in [-0.15, -0.1) is 24.8 Å². The van der Waals surface area contributed by atoms with Gasteiger partial charge in [-0.05, 0) is 55.5 Å². The van der Waals surface area contributed by atoms with E-state index in [0.29, 0.717) is 10.3 Å². The molecule has 0 bridgehead atoms. The Kier molecular flexibility index (Phi) is 7.36. The summed E-state index contributed by atoms with van der Waals surface area (Å²) in [6, 6.07) is 7.35. The first-order valence-electron chi connectivity index (χ1n) is 7.69. The molecule has 1 aromatic carbocycles. The van der Waals surface area contributed by atoms with Crippen LogP contribution in [0.25, 0.3) is 0 Å². The first kappa shape index (κ1) is 20.7. The van der Waals surface area contributed by atoms with Crippen molar-refractivity contribution in [3.63, 3.8) is 0 Å². The zero-order valence-corrected chi connectivity index (χ0v) is 15.9. The number of sulfone groups is 1. The van der Waals surface area contributed by atoms with Gasteiger partial charge < -0.3 is 5.32 Å². The molecule has 1 atom stereocenters. The third kappa shape index (κ3) is 5.07. The van der Waals surface area contributed by atoms with Gasteiger partial charge in [0, 0.05) is 25.9 Å². The Morgan fingerprint density at radius 3 is 2.43 bits per heavy atom. The maximum atomic E-state index is 11.5. The fourth-order valence-corrected chi connectivity index (χ4v) is 4.32. The minimum atomic E-state index is -3.09. The van der Waals surface area contributed by atoms with Gasteiger partial charge in [0.05, 0.1) is 4.90 Å². The molecule has 7 heteroatoms. The van der Waals surface area contributed by atoms with Crippen LogP contribution in [0.3, 0.4) is 0 Å². The highest BCUT2D eigenvalue weighted by Crippen LogP contribution is 2.35. The molecular formula is C16H26Cl2N2O2S. The van der Waals surface area contributed by atoms with Gasteiger partial charge in [-0.1, -0.05) is 12.1 Å². The van der Waals surface area contributed by atoms with E-state index in [2.05, 4.69) is 10.2 Å². The Hall–Kier alpha value is -0.330. The average Bonchev–Trinajstić information content (AvgIpc) is 2.86. The Morgan fingerprint density at radius 2 is 1.87 bits per heavy atom. The summed E-state index contributed by atoms with van der Waals surface area (Å²) in [7, 11) is -3.09. The van der Waals surface area contributed by atoms with E-state index in [9.17, 15) is 8.42 Å². The number of nitrogens with zero attached hydrogens (tertiary/aromatic N) is 1. The van der Waals surface area contributed by atoms with E-state index in [1.165, 1.54) is 31.1 Å². The Morgan fingerprint density at radius 1 is 1.17 bits per heavy atom. The fourth-order valence-electron chi connectivity index (χ4n) is 3.69. The van der Waals surface area contributed by atoms with E-state index in [1.807, 2.05) is 12.1 Å². The van der Waals surface area contributed by atoms with Crippen molar-refractivity contribution in [3.05, 3.63) is 29.8 Å². The molecule has 2 fully saturated rings. The number of nitrogens with one attached hydrogen (secondary N) is 1. The molecule has 0 saturated carbocycles. The van der Waals surface area contributed by atoms with Gasteiger partial charge in [-0.25, -0.2) is 8.42 Å². The van der Waals surface area contributed by atoms with Gasteiger partial charge in [0.15, 0.2) is 9.84 Å². The Labute approximate surface area is 151 Å². The maximum Gasteiger partial charge on any atom is 0.175 e. The molecule has 2 heterocycles. The van der Waals surface area contributed by atoms with Crippen LogP contribution in [0.5, 0.6) is 0 Å². The molecule has 1 unspecified atom stereocenters. The number of hydrogen-bond acceptors (Lipinski definition) is 4. The number of hydrogen-bond donors (Lipinski definition) is 1. The lowest BCUT2D eigenvalue weighted by molar-refractivity contribution is 0.0978. The summed E-state index contributed by atoms with van der Waals surface area (Å²) in [5.41, 5.74) is 1.68. The van der Waals surface area contributed by atoms with Gasteiger partial charge in [0.25, 0.3) is 0 Å². The van der Waals surface area contributed by atoms with Crippen LogP contribution in [-0.2, 0) is 16.4 Å². The summed E-state index contributed by atoms with van der Waals surface area (Å²) in [6.45, 7) is 5.53. The van der Waals surface area contributed by atoms with Gasteiger partial charge in [0.2, 0.25) is 0 Å². The highest BCUT2D eigenvalue weighted by atomic mass is 35.5. The monoisotopic (exact) mass is 380 g/mol. The SMILES string of the molecule is CS(=O)(=O)c1ccc(CN2CCCC3(CCNC3)C2)cc1.Cl.Cl. The Balaban J connectivity index is 0.00000132. The van der Waals surface area contributed by atoms with Crippen molar-refractivity contribution in [1.82, 2.24) is 10.2 Å². The molecule has 2 saturated heterocycles. The molecule has 23 heavy (non-hydrogen) atoms. The van der Waals surface area contributed by atoms with E-state index in [0.717, 1.165) is 32.7 Å². The Bertz CT molecular complexity index is 599. The molecule has 2 aliphatic rings. The van der Waals surface area contributed by atoms with Crippen LogP contribution >= 0.6 is 24.8 Å². The first-order valence-corrected chi connectivity index (χ1v) is 9.58. The molecule has 0 amide bonds. The van der Waals surface area contributed by atoms with Crippen molar-refractivity contribution >= 4 is 34.7 Å². The number of piperidine rings is 1. The van der Waals surface area contributed by atoms with E-state index >= 15 is 0 Å². The second kappa shape index (κ2) is 8.17. The summed E-state index contributed by atoms with van der Waals surface area (Å²) in [5, 5.41) is 3.50. The van der Waals surface area contributed by atoms with E-state index in [1.54, 1.807) is 12.1 Å². The maximum absolute atomic E-state index is 11.5. The quantitative estimate of drug-likeness (QED) is 0.874. The topological polar surface area (TPSA) is 49.4 Å². The van der Waals surface area contributed by atoms with Crippen molar-refractivity contribution in [3.8, 4) is 0 Å². The molecule has 4 nitrogen and oxygen atoms in total. The second-order valence-corrected chi connectivity index (χ2v) is 8.67. The van der Waals surface area contributed by atoms with Crippen LogP contribution in [-0.4, -0.2) is 45.8 Å². The highest BCUT2D eigenvalue weighted by Gasteiger charge is 2.37. The van der Waals surface area contributed by atoms with E-state index in [4.69, 9.17) is 0 Å². The number of likely N-dealkylation sites (tertiary alicyclic amines) is 1. The predicted molar refractivity (Wildman–Crippen MR) is 98.5 cm³/mol. The molecule has 0 aliphatic carbocycles. The third-order valence-electron chi connectivity index (χ3n) is 4.83. The van der Waals surface area contributed by atoms with Gasteiger partial charge in [0.1, 0.15) is 0 Å². The third-order valence-corrected chi connectivity index (χ3v) is 5.96. The number of halogens is 2. The molecule has 1 aromatic rings. The van der Waals surface area contributed by atoms with Gasteiger partial charge >= 0.3 is 0 Å². The van der Waals surface area contributed by atoms with Crippen molar-refractivity contribution in [2.45, 2.75) is 30.7 Å². The molecular weight excluding hydrogens is 355 g/mol. The van der Waals surface area contributed by atoms with E-state index in [-0.39, 0.29) is 24.8 Å². The van der Waals surface area contributed by atoms with E-state index < -0.39 is 9.84 Å². The number of benzene rings is 1. The summed E-state index contributed by atoms with van der Waals surface area (Å²) in [6.07, 6.45) is 5.15. The molecule has 2 aliphatic heterocycles. The highest BCUT2D eigenvalue weighted by molar-refractivity contribution is 7.90. The number of rotatable bonds is 3. The van der Waals surface area contributed by atoms with Crippen LogP contribution < -0.4 is 5.32 Å². The molecule has 132 valence electrons. The predicted octanol–water partition coefficient (Wildman–Crippen LogP) is 2.51. The summed E-state index contributed by atoms with van der Waals surface area (Å²) in [4.78, 5) is 2.92. The van der Waals surface area contributed by atoms with Crippen molar-refractivity contribution in [2.24, 2.45) is 5.41 Å². The fraction of sp³-hybridized carbons (Fsp3) is 0.625. The summed E-state index contributed by atoms with van der Waals surface area (Å²) >= 11 is 0. The molecule has 0 radical (unpaired) electrons. The van der Waals surface area contributed by atoms with Crippen LogP contribution in [0.15, 0.2) is 29.2 Å². The van der Waals surface area contributed by atoms with Gasteiger partial charge in [-0.3, -0.25) is 4.90 Å². The minimum Gasteiger partial charge on any atom is -0.316 e. The molecule has 0 aromatic heterocycles. The van der Waals surface area contributed by atoms with Crippen LogP contribution in [0.2, 0.25) is 0 Å². The average molecular weight is 381 g/mol. The van der Waals surface area contributed by atoms with Crippen LogP contribution in [0.4, 0.5) is 0 Å². The molecule has 1 spiro atoms. The van der Waals surface area contributed by atoms with Crippen LogP contribution in [0, 0.1) is 5.41 Å². The van der Waals surface area contributed by atoms with Crippen LogP contribution in [0.1, 0.15) is 24.8 Å². The lowest BCUT2D eigenvalue weighted by Crippen LogP contribution is -2.43. The second-order valence-electron chi connectivity index (χ2n) is 6.66. The lowest BCUT2D eigenvalue weighted by atomic mass is 9.79. The van der Waals surface area contributed by atoms with Crippen molar-refractivity contribution < 1.29 is 8.42 Å². The zero-order valence-electron chi connectivity index (χ0n) is 13.5. The first-order chi connectivity index (χ1) is 9.97. The molecule has 1 N–H and O–H groups in total. The van der Waals surface area contributed by atoms with Gasteiger partial charge in [-0.2, -0.15) is 0 Å². The lowest BCUT2D eigenvalue weighted by Gasteiger charge is -2.40. The normalized spacial score (nSPS) is 24.9. The molecule has 3 rings (SSSR count). The smallest absolute Gasteiger partial charge is 0.175 e. The zero-order chi connectivity index (χ0) is 14.9.